The van der Waals surface area contributed by atoms with Crippen molar-refractivity contribution in [3.05, 3.63) is 40.4 Å². The highest BCUT2D eigenvalue weighted by molar-refractivity contribution is 7.05. The van der Waals surface area contributed by atoms with Crippen molar-refractivity contribution in [2.24, 2.45) is 0 Å². The van der Waals surface area contributed by atoms with E-state index in [1.54, 1.807) is 0 Å². The lowest BCUT2D eigenvalue weighted by atomic mass is 10.1. The Kier molecular flexibility index (Phi) is 4.28. The number of nitrogens with zero attached hydrogens (tertiary/aromatic N) is 2. The Hall–Kier alpha value is -1.46. The van der Waals surface area contributed by atoms with Crippen LogP contribution in [0.1, 0.15) is 36.1 Å². The summed E-state index contributed by atoms with van der Waals surface area (Å²) < 4.78 is 9.27. The van der Waals surface area contributed by atoms with Crippen LogP contribution >= 0.6 is 11.5 Å². The van der Waals surface area contributed by atoms with Crippen molar-refractivity contribution in [2.75, 3.05) is 6.61 Å². The molecule has 0 spiro atoms. The Morgan fingerprint density at radius 1 is 1.28 bits per heavy atom. The van der Waals surface area contributed by atoms with Gasteiger partial charge in [-0.2, -0.15) is 0 Å². The first-order valence-electron chi connectivity index (χ1n) is 5.98. The highest BCUT2D eigenvalue weighted by Gasteiger charge is 2.17. The van der Waals surface area contributed by atoms with Crippen LogP contribution in [0.2, 0.25) is 0 Å². The van der Waals surface area contributed by atoms with E-state index in [-0.39, 0.29) is 0 Å². The van der Waals surface area contributed by atoms with Crippen LogP contribution in [0, 0.1) is 0 Å². The normalized spacial score (nSPS) is 12.4. The zero-order valence-corrected chi connectivity index (χ0v) is 11.3. The summed E-state index contributed by atoms with van der Waals surface area (Å²) in [7, 11) is 0. The van der Waals surface area contributed by atoms with Crippen LogP contribution in [-0.2, 0) is 6.42 Å². The van der Waals surface area contributed by atoms with Gasteiger partial charge in [0.15, 0.2) is 0 Å². The van der Waals surface area contributed by atoms with Gasteiger partial charge in [-0.3, -0.25) is 0 Å². The number of rotatable bonds is 5. The molecule has 0 amide bonds. The number of aryl methyl sites for hydroxylation is 1. The second-order valence-electron chi connectivity index (χ2n) is 3.84. The number of hydrogen-bond acceptors (Lipinski definition) is 5. The predicted octanol–water partition coefficient (Wildman–Crippen LogP) is 2.58. The zero-order valence-electron chi connectivity index (χ0n) is 10.5. The number of aliphatic hydroxyl groups is 1. The third-order valence-electron chi connectivity index (χ3n) is 2.68. The molecule has 2 aromatic rings. The maximum atomic E-state index is 10.3. The molecule has 0 aliphatic carbocycles. The fourth-order valence-electron chi connectivity index (χ4n) is 1.73. The highest BCUT2D eigenvalue weighted by atomic mass is 32.1. The van der Waals surface area contributed by atoms with E-state index in [2.05, 4.69) is 9.59 Å². The Labute approximate surface area is 110 Å². The topological polar surface area (TPSA) is 55.2 Å². The van der Waals surface area contributed by atoms with E-state index in [1.165, 1.54) is 11.5 Å². The molecule has 96 valence electrons. The molecule has 0 bridgehead atoms. The monoisotopic (exact) mass is 264 g/mol. The Morgan fingerprint density at radius 2 is 2.00 bits per heavy atom. The molecule has 0 aliphatic rings. The van der Waals surface area contributed by atoms with E-state index in [1.807, 2.05) is 38.1 Å². The number of aliphatic hydroxyl groups excluding tert-OH is 1. The Bertz CT molecular complexity index is 496. The molecule has 18 heavy (non-hydrogen) atoms. The van der Waals surface area contributed by atoms with Gasteiger partial charge in [0.1, 0.15) is 11.9 Å². The van der Waals surface area contributed by atoms with Crippen molar-refractivity contribution in [3.63, 3.8) is 0 Å². The first-order valence-corrected chi connectivity index (χ1v) is 6.75. The van der Waals surface area contributed by atoms with Crippen molar-refractivity contribution in [2.45, 2.75) is 26.4 Å². The third kappa shape index (κ3) is 2.68. The zero-order chi connectivity index (χ0) is 13.0. The maximum Gasteiger partial charge on any atom is 0.119 e. The first-order chi connectivity index (χ1) is 8.76. The maximum absolute atomic E-state index is 10.3. The molecule has 2 rings (SSSR count). The van der Waals surface area contributed by atoms with Gasteiger partial charge in [-0.25, -0.2) is 0 Å². The molecular weight excluding hydrogens is 248 g/mol. The predicted molar refractivity (Wildman–Crippen MR) is 71.0 cm³/mol. The van der Waals surface area contributed by atoms with Gasteiger partial charge in [-0.1, -0.05) is 23.5 Å². The number of aromatic nitrogens is 2. The molecule has 5 heteroatoms. The van der Waals surface area contributed by atoms with Crippen LogP contribution < -0.4 is 4.74 Å². The summed E-state index contributed by atoms with van der Waals surface area (Å²) in [6.45, 7) is 4.59. The summed E-state index contributed by atoms with van der Waals surface area (Å²) >= 11 is 1.25. The van der Waals surface area contributed by atoms with Gasteiger partial charge < -0.3 is 9.84 Å². The van der Waals surface area contributed by atoms with Crippen LogP contribution in [0.3, 0.4) is 0 Å². The molecule has 0 aliphatic heterocycles. The van der Waals surface area contributed by atoms with E-state index in [0.29, 0.717) is 6.61 Å². The van der Waals surface area contributed by atoms with Gasteiger partial charge >= 0.3 is 0 Å². The molecule has 4 nitrogen and oxygen atoms in total. The summed E-state index contributed by atoms with van der Waals surface area (Å²) in [5, 5.41) is 14.3. The number of hydrogen-bond donors (Lipinski definition) is 1. The van der Waals surface area contributed by atoms with E-state index in [9.17, 15) is 5.11 Å². The second-order valence-corrected chi connectivity index (χ2v) is 4.63. The standard InChI is InChI=1S/C13H16N2O2S/c1-3-11-13(18-15-14-11)12(16)9-5-7-10(8-6-9)17-4-2/h5-8,12,16H,3-4H2,1-2H3. The van der Waals surface area contributed by atoms with Gasteiger partial charge in [-0.15, -0.1) is 5.10 Å². The summed E-state index contributed by atoms with van der Waals surface area (Å²) in [5.74, 6) is 0.812. The lowest BCUT2D eigenvalue weighted by molar-refractivity contribution is 0.222. The second kappa shape index (κ2) is 5.93. The Balaban J connectivity index is 2.20. The fourth-order valence-corrected chi connectivity index (χ4v) is 2.49. The lowest BCUT2D eigenvalue weighted by Crippen LogP contribution is -2.01. The van der Waals surface area contributed by atoms with Gasteiger partial charge in [0, 0.05) is 0 Å². The largest absolute Gasteiger partial charge is 0.494 e. The summed E-state index contributed by atoms with van der Waals surface area (Å²) in [5.41, 5.74) is 1.69. The molecule has 1 atom stereocenters. The first kappa shape index (κ1) is 13.0. The smallest absolute Gasteiger partial charge is 0.119 e. The van der Waals surface area contributed by atoms with Gasteiger partial charge in [0.25, 0.3) is 0 Å². The van der Waals surface area contributed by atoms with E-state index in [0.717, 1.165) is 28.3 Å². The summed E-state index contributed by atoms with van der Waals surface area (Å²) in [6.07, 6.45) is 0.121. The van der Waals surface area contributed by atoms with Crippen molar-refractivity contribution < 1.29 is 9.84 Å². The van der Waals surface area contributed by atoms with Gasteiger partial charge in [0.2, 0.25) is 0 Å². The van der Waals surface area contributed by atoms with E-state index < -0.39 is 6.10 Å². The van der Waals surface area contributed by atoms with Crippen LogP contribution in [0.15, 0.2) is 24.3 Å². The van der Waals surface area contributed by atoms with Crippen LogP contribution in [0.25, 0.3) is 0 Å². The molecule has 0 saturated heterocycles. The molecule has 0 radical (unpaired) electrons. The molecule has 1 N–H and O–H groups in total. The average molecular weight is 264 g/mol. The van der Waals surface area contributed by atoms with Gasteiger partial charge in [0.05, 0.1) is 17.2 Å². The molecule has 1 aromatic heterocycles. The van der Waals surface area contributed by atoms with Crippen molar-refractivity contribution in [1.29, 1.82) is 0 Å². The van der Waals surface area contributed by atoms with Crippen LogP contribution in [0.4, 0.5) is 0 Å². The summed E-state index contributed by atoms with van der Waals surface area (Å²) in [6, 6.07) is 7.47. The van der Waals surface area contributed by atoms with E-state index in [4.69, 9.17) is 4.74 Å². The quantitative estimate of drug-likeness (QED) is 0.901. The minimum absolute atomic E-state index is 0.640. The van der Waals surface area contributed by atoms with Gasteiger partial charge in [-0.05, 0) is 42.6 Å². The minimum Gasteiger partial charge on any atom is -0.494 e. The fraction of sp³-hybridized carbons (Fsp3) is 0.385. The average Bonchev–Trinajstić information content (AvgIpc) is 2.87. The van der Waals surface area contributed by atoms with E-state index >= 15 is 0 Å². The van der Waals surface area contributed by atoms with Crippen molar-refractivity contribution in [3.8, 4) is 5.75 Å². The molecule has 1 unspecified atom stereocenters. The highest BCUT2D eigenvalue weighted by Crippen LogP contribution is 2.28. The van der Waals surface area contributed by atoms with Crippen LogP contribution in [0.5, 0.6) is 5.75 Å². The van der Waals surface area contributed by atoms with Crippen molar-refractivity contribution in [1.82, 2.24) is 9.59 Å². The van der Waals surface area contributed by atoms with Crippen LogP contribution in [-0.4, -0.2) is 21.3 Å². The lowest BCUT2D eigenvalue weighted by Gasteiger charge is -2.10. The molecule has 1 heterocycles. The minimum atomic E-state index is -0.657. The molecule has 0 fully saturated rings. The van der Waals surface area contributed by atoms with Crippen molar-refractivity contribution >= 4 is 11.5 Å². The number of benzene rings is 1. The molecule has 0 saturated carbocycles. The SMILES string of the molecule is CCOc1ccc(C(O)c2snnc2CC)cc1. The summed E-state index contributed by atoms with van der Waals surface area (Å²) in [4.78, 5) is 0.821. The Morgan fingerprint density at radius 3 is 2.61 bits per heavy atom. The number of ether oxygens (including phenoxy) is 1. The molecule has 1 aromatic carbocycles. The third-order valence-corrected chi connectivity index (χ3v) is 3.49. The molecular formula is C13H16N2O2S.